The van der Waals surface area contributed by atoms with Gasteiger partial charge < -0.3 is 5.32 Å². The first-order valence-corrected chi connectivity index (χ1v) is 10.7. The molecule has 3 aromatic rings. The van der Waals surface area contributed by atoms with E-state index in [9.17, 15) is 13.2 Å². The van der Waals surface area contributed by atoms with Gasteiger partial charge in [-0.05, 0) is 43.7 Å². The van der Waals surface area contributed by atoms with Crippen LogP contribution in [-0.2, 0) is 27.9 Å². The molecule has 0 bridgehead atoms. The number of hydrogen-bond donors (Lipinski definition) is 2. The molecule has 2 aromatic carbocycles. The summed E-state index contributed by atoms with van der Waals surface area (Å²) in [5, 5.41) is 7.17. The zero-order valence-electron chi connectivity index (χ0n) is 16.6. The molecule has 8 heteroatoms. The third-order valence-electron chi connectivity index (χ3n) is 4.63. The van der Waals surface area contributed by atoms with Gasteiger partial charge in [-0.15, -0.1) is 0 Å². The maximum Gasteiger partial charge on any atom is 0.240 e. The molecular formula is C21H24N4O3S. The van der Waals surface area contributed by atoms with Crippen LogP contribution >= 0.6 is 0 Å². The summed E-state index contributed by atoms with van der Waals surface area (Å²) in [6.07, 6.45) is 0. The summed E-state index contributed by atoms with van der Waals surface area (Å²) in [6.45, 7) is 6.00. The lowest BCUT2D eigenvalue weighted by atomic mass is 10.2. The fourth-order valence-electron chi connectivity index (χ4n) is 3.07. The van der Waals surface area contributed by atoms with Gasteiger partial charge in [-0.3, -0.25) is 9.48 Å². The van der Waals surface area contributed by atoms with Crippen LogP contribution in [0.15, 0.2) is 59.5 Å². The van der Waals surface area contributed by atoms with Crippen LogP contribution in [0, 0.1) is 13.8 Å². The monoisotopic (exact) mass is 412 g/mol. The molecule has 1 aromatic heterocycles. The molecule has 0 unspecified atom stereocenters. The lowest BCUT2D eigenvalue weighted by molar-refractivity contribution is -0.114. The Hall–Kier alpha value is -2.97. The Morgan fingerprint density at radius 3 is 2.31 bits per heavy atom. The summed E-state index contributed by atoms with van der Waals surface area (Å²) in [5.41, 5.74) is 4.26. The van der Waals surface area contributed by atoms with E-state index in [0.29, 0.717) is 12.2 Å². The molecule has 2 N–H and O–H groups in total. The first kappa shape index (κ1) is 20.8. The van der Waals surface area contributed by atoms with Gasteiger partial charge >= 0.3 is 0 Å². The second kappa shape index (κ2) is 8.59. The van der Waals surface area contributed by atoms with Crippen LogP contribution in [0.1, 0.15) is 29.4 Å². The molecule has 7 nitrogen and oxygen atoms in total. The van der Waals surface area contributed by atoms with Crippen molar-refractivity contribution < 1.29 is 13.2 Å². The predicted molar refractivity (Wildman–Crippen MR) is 112 cm³/mol. The van der Waals surface area contributed by atoms with Gasteiger partial charge in [0, 0.05) is 30.4 Å². The number of nitrogens with zero attached hydrogens (tertiary/aromatic N) is 2. The number of hydrogen-bond acceptors (Lipinski definition) is 4. The molecule has 152 valence electrons. The Bertz CT molecular complexity index is 1100. The van der Waals surface area contributed by atoms with Gasteiger partial charge in [0.2, 0.25) is 15.9 Å². The molecule has 1 amide bonds. The largest absolute Gasteiger partial charge is 0.326 e. The maximum atomic E-state index is 12.6. The Balaban J connectivity index is 1.72. The second-order valence-corrected chi connectivity index (χ2v) is 8.59. The van der Waals surface area contributed by atoms with Gasteiger partial charge in [-0.1, -0.05) is 30.3 Å². The number of aromatic nitrogens is 2. The third-order valence-corrected chi connectivity index (χ3v) is 6.05. The van der Waals surface area contributed by atoms with Gasteiger partial charge in [0.25, 0.3) is 0 Å². The quantitative estimate of drug-likeness (QED) is 0.624. The number of anilines is 1. The molecule has 0 aliphatic carbocycles. The number of amides is 1. The summed E-state index contributed by atoms with van der Waals surface area (Å²) >= 11 is 0. The molecule has 1 heterocycles. The molecule has 29 heavy (non-hydrogen) atoms. The molecule has 0 radical (unpaired) electrons. The highest BCUT2D eigenvalue weighted by Crippen LogP contribution is 2.18. The minimum atomic E-state index is -3.69. The van der Waals surface area contributed by atoms with Crippen molar-refractivity contribution in [1.29, 1.82) is 0 Å². The average molecular weight is 413 g/mol. The number of carbonyl (C=O) groups excluding carboxylic acids is 1. The Morgan fingerprint density at radius 2 is 1.69 bits per heavy atom. The smallest absolute Gasteiger partial charge is 0.240 e. The highest BCUT2D eigenvalue weighted by atomic mass is 32.2. The van der Waals surface area contributed by atoms with E-state index in [-0.39, 0.29) is 17.3 Å². The maximum absolute atomic E-state index is 12.6. The van der Waals surface area contributed by atoms with Gasteiger partial charge in [-0.2, -0.15) is 5.10 Å². The van der Waals surface area contributed by atoms with Gasteiger partial charge in [0.05, 0.1) is 17.1 Å². The van der Waals surface area contributed by atoms with Crippen LogP contribution in [0.3, 0.4) is 0 Å². The number of rotatable bonds is 7. The first-order valence-electron chi connectivity index (χ1n) is 9.20. The van der Waals surface area contributed by atoms with Crippen molar-refractivity contribution in [2.75, 3.05) is 5.32 Å². The molecular weight excluding hydrogens is 388 g/mol. The zero-order valence-corrected chi connectivity index (χ0v) is 17.5. The van der Waals surface area contributed by atoms with E-state index in [1.165, 1.54) is 19.1 Å². The van der Waals surface area contributed by atoms with E-state index in [2.05, 4.69) is 15.1 Å². The summed E-state index contributed by atoms with van der Waals surface area (Å²) in [6, 6.07) is 16.0. The van der Waals surface area contributed by atoms with Crippen LogP contribution in [0.5, 0.6) is 0 Å². The molecule has 0 fully saturated rings. The molecule has 0 aliphatic heterocycles. The third kappa shape index (κ3) is 5.10. The van der Waals surface area contributed by atoms with Crippen molar-refractivity contribution in [2.45, 2.75) is 38.8 Å². The summed E-state index contributed by atoms with van der Waals surface area (Å²) < 4.78 is 29.8. The minimum Gasteiger partial charge on any atom is -0.326 e. The van der Waals surface area contributed by atoms with E-state index in [4.69, 9.17) is 0 Å². The number of benzene rings is 2. The number of nitrogens with one attached hydrogen (secondary N) is 2. The van der Waals surface area contributed by atoms with Crippen molar-refractivity contribution in [3.8, 4) is 0 Å². The molecule has 0 spiro atoms. The highest BCUT2D eigenvalue weighted by Gasteiger charge is 2.17. The van der Waals surface area contributed by atoms with Crippen molar-refractivity contribution in [1.82, 2.24) is 14.5 Å². The molecule has 0 saturated heterocycles. The van der Waals surface area contributed by atoms with Gasteiger partial charge in [-0.25, -0.2) is 13.1 Å². The molecule has 0 aliphatic rings. The molecule has 3 rings (SSSR count). The van der Waals surface area contributed by atoms with E-state index < -0.39 is 10.0 Å². The topological polar surface area (TPSA) is 93.1 Å². The molecule has 0 atom stereocenters. The first-order chi connectivity index (χ1) is 13.8. The zero-order chi connectivity index (χ0) is 21.0. The van der Waals surface area contributed by atoms with Gasteiger partial charge in [0.1, 0.15) is 0 Å². The Labute approximate surface area is 170 Å². The van der Waals surface area contributed by atoms with E-state index in [1.54, 1.807) is 12.1 Å². The summed E-state index contributed by atoms with van der Waals surface area (Å²) in [5.74, 6) is -0.211. The SMILES string of the molecule is CC(=O)Nc1ccc(S(=O)(=O)NCc2c(C)nn(Cc3ccccc3)c2C)cc1. The lowest BCUT2D eigenvalue weighted by Gasteiger charge is -2.09. The Morgan fingerprint density at radius 1 is 1.03 bits per heavy atom. The number of aryl methyl sites for hydroxylation is 1. The summed E-state index contributed by atoms with van der Waals surface area (Å²) in [4.78, 5) is 11.2. The van der Waals surface area contributed by atoms with Crippen molar-refractivity contribution in [3.05, 3.63) is 77.1 Å². The normalized spacial score (nSPS) is 11.4. The fraction of sp³-hybridized carbons (Fsp3) is 0.238. The van der Waals surface area contributed by atoms with Crippen LogP contribution < -0.4 is 10.0 Å². The highest BCUT2D eigenvalue weighted by molar-refractivity contribution is 7.89. The van der Waals surface area contributed by atoms with Crippen molar-refractivity contribution in [2.24, 2.45) is 0 Å². The standard InChI is InChI=1S/C21H24N4O3S/c1-15-21(16(2)25(24-15)14-18-7-5-4-6-8-18)13-22-29(27,28)20-11-9-19(10-12-20)23-17(3)26/h4-12,22H,13-14H2,1-3H3,(H,23,26). The van der Waals surface area contributed by atoms with Crippen molar-refractivity contribution >= 4 is 21.6 Å². The predicted octanol–water partition coefficient (Wildman–Crippen LogP) is 2.99. The van der Waals surface area contributed by atoms with Crippen LogP contribution in [0.2, 0.25) is 0 Å². The molecule has 0 saturated carbocycles. The van der Waals surface area contributed by atoms with Crippen LogP contribution in [0.4, 0.5) is 5.69 Å². The lowest BCUT2D eigenvalue weighted by Crippen LogP contribution is -2.24. The van der Waals surface area contributed by atoms with Gasteiger partial charge in [0.15, 0.2) is 0 Å². The Kier molecular flexibility index (Phi) is 6.14. The number of sulfonamides is 1. The van der Waals surface area contributed by atoms with Crippen LogP contribution in [0.25, 0.3) is 0 Å². The minimum absolute atomic E-state index is 0.138. The van der Waals surface area contributed by atoms with E-state index in [0.717, 1.165) is 22.5 Å². The van der Waals surface area contributed by atoms with E-state index in [1.807, 2.05) is 48.9 Å². The average Bonchev–Trinajstić information content (AvgIpc) is 2.94. The fourth-order valence-corrected chi connectivity index (χ4v) is 4.07. The van der Waals surface area contributed by atoms with Crippen LogP contribution in [-0.4, -0.2) is 24.1 Å². The number of carbonyl (C=O) groups is 1. The van der Waals surface area contributed by atoms with Crippen molar-refractivity contribution in [3.63, 3.8) is 0 Å². The second-order valence-electron chi connectivity index (χ2n) is 6.82. The summed E-state index contributed by atoms with van der Waals surface area (Å²) in [7, 11) is -3.69. The van der Waals surface area contributed by atoms with E-state index >= 15 is 0 Å².